The van der Waals surface area contributed by atoms with E-state index in [-0.39, 0.29) is 11.7 Å². The molecular formula is C19H15BrCl2N4OS. The number of carbonyl (C=O) groups is 1. The van der Waals surface area contributed by atoms with Gasteiger partial charge in [-0.25, -0.2) is 0 Å². The van der Waals surface area contributed by atoms with E-state index in [1.54, 1.807) is 24.3 Å². The van der Waals surface area contributed by atoms with Crippen LogP contribution in [0.5, 0.6) is 0 Å². The second-order valence-corrected chi connectivity index (χ2v) is 8.44. The predicted molar refractivity (Wildman–Crippen MR) is 119 cm³/mol. The number of benzene rings is 2. The topological polar surface area (TPSA) is 59.8 Å². The number of rotatable bonds is 7. The second-order valence-electron chi connectivity index (χ2n) is 5.71. The molecule has 0 aliphatic carbocycles. The van der Waals surface area contributed by atoms with Crippen LogP contribution in [0.2, 0.25) is 10.0 Å². The first-order chi connectivity index (χ1) is 13.5. The first-order valence-electron chi connectivity index (χ1n) is 8.15. The summed E-state index contributed by atoms with van der Waals surface area (Å²) in [6, 6.07) is 12.6. The number of halogens is 3. The highest BCUT2D eigenvalue weighted by atomic mass is 79.9. The van der Waals surface area contributed by atoms with Crippen molar-refractivity contribution < 1.29 is 4.79 Å². The zero-order valence-electron chi connectivity index (χ0n) is 14.5. The molecule has 3 aromatic rings. The molecule has 0 atom stereocenters. The largest absolute Gasteiger partial charge is 0.325 e. The molecular weight excluding hydrogens is 483 g/mol. The molecule has 1 amide bonds. The summed E-state index contributed by atoms with van der Waals surface area (Å²) >= 11 is 16.9. The van der Waals surface area contributed by atoms with E-state index in [2.05, 4.69) is 38.0 Å². The van der Waals surface area contributed by atoms with Gasteiger partial charge in [-0.1, -0.05) is 57.0 Å². The van der Waals surface area contributed by atoms with E-state index in [1.165, 1.54) is 11.8 Å². The summed E-state index contributed by atoms with van der Waals surface area (Å²) in [4.78, 5) is 12.2. The molecule has 0 radical (unpaired) electrons. The van der Waals surface area contributed by atoms with Gasteiger partial charge in [0.25, 0.3) is 0 Å². The molecule has 5 nitrogen and oxygen atoms in total. The standard InChI is InChI=1S/C19H15BrCl2N4OS/c1-2-7-26-18(12-8-14(21)10-15(22)9-12)24-25-19(26)28-11-17(27)23-16-5-3-13(20)4-6-16/h2-6,8-10H,1,7,11H2,(H,23,27). The van der Waals surface area contributed by atoms with Crippen LogP contribution in [-0.2, 0) is 11.3 Å². The van der Waals surface area contributed by atoms with E-state index in [9.17, 15) is 4.79 Å². The molecule has 0 unspecified atom stereocenters. The van der Waals surface area contributed by atoms with E-state index in [0.29, 0.717) is 27.6 Å². The average Bonchev–Trinajstić information content (AvgIpc) is 3.04. The van der Waals surface area contributed by atoms with E-state index in [0.717, 1.165) is 15.7 Å². The third-order valence-corrected chi connectivity index (χ3v) is 5.54. The Bertz CT molecular complexity index is 987. The molecule has 1 N–H and O–H groups in total. The molecule has 1 heterocycles. The van der Waals surface area contributed by atoms with Crippen molar-refractivity contribution in [3.8, 4) is 11.4 Å². The molecule has 2 aromatic carbocycles. The quantitative estimate of drug-likeness (QED) is 0.324. The summed E-state index contributed by atoms with van der Waals surface area (Å²) in [5.74, 6) is 0.676. The number of nitrogens with zero attached hydrogens (tertiary/aromatic N) is 3. The minimum absolute atomic E-state index is 0.132. The number of allylic oxidation sites excluding steroid dienone is 1. The van der Waals surface area contributed by atoms with E-state index in [1.807, 2.05) is 28.8 Å². The summed E-state index contributed by atoms with van der Waals surface area (Å²) < 4.78 is 2.82. The van der Waals surface area contributed by atoms with Gasteiger partial charge in [0.1, 0.15) is 0 Å². The van der Waals surface area contributed by atoms with Gasteiger partial charge in [0.2, 0.25) is 5.91 Å². The maximum Gasteiger partial charge on any atom is 0.234 e. The van der Waals surface area contributed by atoms with Gasteiger partial charge >= 0.3 is 0 Å². The van der Waals surface area contributed by atoms with Crippen LogP contribution in [0.25, 0.3) is 11.4 Å². The highest BCUT2D eigenvalue weighted by molar-refractivity contribution is 9.10. The van der Waals surface area contributed by atoms with E-state index < -0.39 is 0 Å². The fourth-order valence-corrected chi connectivity index (χ4v) is 3.98. The van der Waals surface area contributed by atoms with E-state index in [4.69, 9.17) is 23.2 Å². The maximum atomic E-state index is 12.2. The third-order valence-electron chi connectivity index (χ3n) is 3.61. The van der Waals surface area contributed by atoms with Crippen LogP contribution in [0.15, 0.2) is 64.7 Å². The first-order valence-corrected chi connectivity index (χ1v) is 10.7. The molecule has 0 spiro atoms. The Balaban J connectivity index is 1.75. The zero-order chi connectivity index (χ0) is 20.1. The Morgan fingerprint density at radius 1 is 1.18 bits per heavy atom. The summed E-state index contributed by atoms with van der Waals surface area (Å²) in [7, 11) is 0. The number of nitrogens with one attached hydrogen (secondary N) is 1. The maximum absolute atomic E-state index is 12.2. The third kappa shape index (κ3) is 5.38. The summed E-state index contributed by atoms with van der Waals surface area (Å²) in [6.07, 6.45) is 1.74. The van der Waals surface area contributed by atoms with Crippen molar-refractivity contribution in [3.05, 3.63) is 69.6 Å². The van der Waals surface area contributed by atoms with Crippen molar-refractivity contribution in [2.45, 2.75) is 11.7 Å². The van der Waals surface area contributed by atoms with Crippen molar-refractivity contribution in [2.75, 3.05) is 11.1 Å². The lowest BCUT2D eigenvalue weighted by Crippen LogP contribution is -2.14. The van der Waals surface area contributed by atoms with Crippen LogP contribution < -0.4 is 5.32 Å². The molecule has 0 fully saturated rings. The van der Waals surface area contributed by atoms with Crippen LogP contribution in [-0.4, -0.2) is 26.4 Å². The van der Waals surface area contributed by atoms with Crippen molar-refractivity contribution in [2.24, 2.45) is 0 Å². The zero-order valence-corrected chi connectivity index (χ0v) is 18.4. The average molecular weight is 498 g/mol. The highest BCUT2D eigenvalue weighted by Gasteiger charge is 2.16. The molecule has 0 aliphatic heterocycles. The smallest absolute Gasteiger partial charge is 0.234 e. The number of anilines is 1. The molecule has 0 saturated carbocycles. The van der Waals surface area contributed by atoms with Crippen LogP contribution in [0.4, 0.5) is 5.69 Å². The van der Waals surface area contributed by atoms with Gasteiger partial charge in [-0.2, -0.15) is 0 Å². The van der Waals surface area contributed by atoms with Crippen LogP contribution in [0, 0.1) is 0 Å². The molecule has 3 rings (SSSR count). The number of amides is 1. The van der Waals surface area contributed by atoms with Gasteiger partial charge in [-0.3, -0.25) is 9.36 Å². The number of hydrogen-bond donors (Lipinski definition) is 1. The number of aromatic nitrogens is 3. The van der Waals surface area contributed by atoms with Gasteiger partial charge in [0.05, 0.1) is 5.75 Å². The molecule has 1 aromatic heterocycles. The molecule has 0 saturated heterocycles. The van der Waals surface area contributed by atoms with Crippen LogP contribution >= 0.6 is 50.9 Å². The molecule has 0 bridgehead atoms. The Morgan fingerprint density at radius 3 is 2.50 bits per heavy atom. The van der Waals surface area contributed by atoms with Gasteiger partial charge in [0, 0.05) is 32.3 Å². The molecule has 9 heteroatoms. The van der Waals surface area contributed by atoms with Crippen molar-refractivity contribution in [1.82, 2.24) is 14.8 Å². The SMILES string of the molecule is C=CCn1c(SCC(=O)Nc2ccc(Br)cc2)nnc1-c1cc(Cl)cc(Cl)c1. The lowest BCUT2D eigenvalue weighted by atomic mass is 10.2. The van der Waals surface area contributed by atoms with Crippen molar-refractivity contribution in [3.63, 3.8) is 0 Å². The van der Waals surface area contributed by atoms with Gasteiger partial charge in [0.15, 0.2) is 11.0 Å². The van der Waals surface area contributed by atoms with E-state index >= 15 is 0 Å². The Labute approximate surface area is 185 Å². The van der Waals surface area contributed by atoms with Gasteiger partial charge < -0.3 is 5.32 Å². The van der Waals surface area contributed by atoms with Crippen molar-refractivity contribution in [1.29, 1.82) is 0 Å². The summed E-state index contributed by atoms with van der Waals surface area (Å²) in [5.41, 5.74) is 1.48. The molecule has 28 heavy (non-hydrogen) atoms. The molecule has 0 aliphatic rings. The fourth-order valence-electron chi connectivity index (χ4n) is 2.45. The summed E-state index contributed by atoms with van der Waals surface area (Å²) in [6.45, 7) is 4.27. The minimum Gasteiger partial charge on any atom is -0.325 e. The normalized spacial score (nSPS) is 10.7. The second kappa shape index (κ2) is 9.60. The highest BCUT2D eigenvalue weighted by Crippen LogP contribution is 2.29. The van der Waals surface area contributed by atoms with Crippen LogP contribution in [0.1, 0.15) is 0 Å². The number of thioether (sulfide) groups is 1. The number of hydrogen-bond acceptors (Lipinski definition) is 4. The lowest BCUT2D eigenvalue weighted by Gasteiger charge is -2.09. The Morgan fingerprint density at radius 2 is 1.86 bits per heavy atom. The molecule has 144 valence electrons. The fraction of sp³-hybridized carbons (Fsp3) is 0.105. The van der Waals surface area contributed by atoms with Gasteiger partial charge in [-0.05, 0) is 42.5 Å². The summed E-state index contributed by atoms with van der Waals surface area (Å²) in [5, 5.41) is 13.0. The lowest BCUT2D eigenvalue weighted by molar-refractivity contribution is -0.113. The Kier molecular flexibility index (Phi) is 7.18. The first kappa shape index (κ1) is 20.9. The minimum atomic E-state index is -0.132. The predicted octanol–water partition coefficient (Wildman–Crippen LogP) is 5.93. The van der Waals surface area contributed by atoms with Gasteiger partial charge in [-0.15, -0.1) is 16.8 Å². The Hall–Kier alpha value is -1.80. The van der Waals surface area contributed by atoms with Crippen LogP contribution in [0.3, 0.4) is 0 Å². The van der Waals surface area contributed by atoms with Crippen molar-refractivity contribution >= 4 is 62.5 Å². The number of carbonyl (C=O) groups excluding carboxylic acids is 1. The monoisotopic (exact) mass is 496 g/mol.